The highest BCUT2D eigenvalue weighted by atomic mass is 16.7. The van der Waals surface area contributed by atoms with Gasteiger partial charge in [0.25, 0.3) is 0 Å². The van der Waals surface area contributed by atoms with Crippen molar-refractivity contribution >= 4 is 5.97 Å². The zero-order chi connectivity index (χ0) is 12.7. The average Bonchev–Trinajstić information content (AvgIpc) is 2.37. The van der Waals surface area contributed by atoms with Gasteiger partial charge in [0.1, 0.15) is 6.61 Å². The van der Waals surface area contributed by atoms with Gasteiger partial charge in [-0.15, -0.1) is 0 Å². The second-order valence-electron chi connectivity index (χ2n) is 3.84. The van der Waals surface area contributed by atoms with Crippen LogP contribution in [0.2, 0.25) is 0 Å². The lowest BCUT2D eigenvalue weighted by Gasteiger charge is -2.23. The van der Waals surface area contributed by atoms with Crippen molar-refractivity contribution in [3.05, 3.63) is 35.9 Å². The largest absolute Gasteiger partial charge is 0.459 e. The third-order valence-electron chi connectivity index (χ3n) is 2.32. The first-order chi connectivity index (χ1) is 8.12. The molecule has 1 atom stereocenters. The van der Waals surface area contributed by atoms with Crippen LogP contribution in [0.4, 0.5) is 0 Å². The highest BCUT2D eigenvalue weighted by Crippen LogP contribution is 2.12. The molecule has 0 fully saturated rings. The van der Waals surface area contributed by atoms with Crippen LogP contribution in [-0.4, -0.2) is 25.3 Å². The molecule has 0 aliphatic rings. The lowest BCUT2D eigenvalue weighted by atomic mass is 10.1. The van der Waals surface area contributed by atoms with Crippen LogP contribution in [0.1, 0.15) is 12.5 Å². The number of methoxy groups -OCH3 is 1. The van der Waals surface area contributed by atoms with Gasteiger partial charge in [0.05, 0.1) is 6.61 Å². The lowest BCUT2D eigenvalue weighted by Crippen LogP contribution is -2.46. The van der Waals surface area contributed by atoms with Gasteiger partial charge < -0.3 is 9.47 Å². The third kappa shape index (κ3) is 3.81. The van der Waals surface area contributed by atoms with E-state index >= 15 is 0 Å². The van der Waals surface area contributed by atoms with Crippen molar-refractivity contribution in [3.8, 4) is 0 Å². The molecule has 1 rings (SSSR count). The van der Waals surface area contributed by atoms with Crippen LogP contribution in [0.5, 0.6) is 0 Å². The lowest BCUT2D eigenvalue weighted by molar-refractivity contribution is -0.179. The van der Waals surface area contributed by atoms with Gasteiger partial charge in [-0.25, -0.2) is 10.7 Å². The van der Waals surface area contributed by atoms with Crippen LogP contribution in [0.25, 0.3) is 0 Å². The molecule has 0 saturated heterocycles. The Morgan fingerprint density at radius 3 is 2.53 bits per heavy atom. The van der Waals surface area contributed by atoms with E-state index in [-0.39, 0.29) is 13.2 Å². The third-order valence-corrected chi connectivity index (χ3v) is 2.32. The van der Waals surface area contributed by atoms with Crippen LogP contribution in [-0.2, 0) is 25.7 Å². The Morgan fingerprint density at radius 2 is 2.00 bits per heavy atom. The van der Waals surface area contributed by atoms with E-state index in [2.05, 4.69) is 4.84 Å². The quantitative estimate of drug-likeness (QED) is 0.593. The molecule has 1 aromatic rings. The maximum atomic E-state index is 11.8. The maximum Gasteiger partial charge on any atom is 0.343 e. The summed E-state index contributed by atoms with van der Waals surface area (Å²) in [4.78, 5) is 16.4. The van der Waals surface area contributed by atoms with E-state index in [0.717, 1.165) is 5.56 Å². The number of carbonyl (C=O) groups excluding carboxylic acids is 1. The summed E-state index contributed by atoms with van der Waals surface area (Å²) in [5, 5.41) is 0. The molecule has 1 aromatic carbocycles. The van der Waals surface area contributed by atoms with Crippen LogP contribution in [0.3, 0.4) is 0 Å². The predicted octanol–water partition coefficient (Wildman–Crippen LogP) is 1.03. The second kappa shape index (κ2) is 6.34. The number of rotatable bonds is 6. The summed E-state index contributed by atoms with van der Waals surface area (Å²) in [7, 11) is 1.46. The monoisotopic (exact) mass is 239 g/mol. The molecule has 0 heterocycles. The van der Waals surface area contributed by atoms with E-state index in [1.54, 1.807) is 0 Å². The smallest absolute Gasteiger partial charge is 0.343 e. The molecule has 0 amide bonds. The van der Waals surface area contributed by atoms with Crippen molar-refractivity contribution in [2.45, 2.75) is 19.1 Å². The molecule has 0 aliphatic heterocycles. The van der Waals surface area contributed by atoms with Crippen LogP contribution >= 0.6 is 0 Å². The first-order valence-corrected chi connectivity index (χ1v) is 5.20. The van der Waals surface area contributed by atoms with Gasteiger partial charge in [-0.3, -0.25) is 4.84 Å². The fourth-order valence-corrected chi connectivity index (χ4v) is 1.29. The average molecular weight is 239 g/mol. The summed E-state index contributed by atoms with van der Waals surface area (Å²) in [5.74, 6) is 4.53. The summed E-state index contributed by atoms with van der Waals surface area (Å²) in [6, 6.07) is 9.37. The molecule has 5 heteroatoms. The Kier molecular flexibility index (Phi) is 5.09. The Labute approximate surface area is 100 Å². The summed E-state index contributed by atoms with van der Waals surface area (Å²) < 4.78 is 9.98. The normalized spacial score (nSPS) is 14.1. The molecule has 0 aliphatic carbocycles. The van der Waals surface area contributed by atoms with Crippen molar-refractivity contribution in [2.75, 3.05) is 13.7 Å². The van der Waals surface area contributed by atoms with Gasteiger partial charge in [0.15, 0.2) is 0 Å². The van der Waals surface area contributed by atoms with E-state index in [4.69, 9.17) is 15.4 Å². The molecule has 2 N–H and O–H groups in total. The highest BCUT2D eigenvalue weighted by molar-refractivity contribution is 5.79. The van der Waals surface area contributed by atoms with Crippen molar-refractivity contribution in [3.63, 3.8) is 0 Å². The van der Waals surface area contributed by atoms with Gasteiger partial charge in [-0.2, -0.15) is 0 Å². The molecular formula is C12H17NO4. The van der Waals surface area contributed by atoms with Crippen molar-refractivity contribution in [1.82, 2.24) is 0 Å². The van der Waals surface area contributed by atoms with E-state index < -0.39 is 11.6 Å². The molecule has 0 bridgehead atoms. The Balaban J connectivity index is 2.54. The Morgan fingerprint density at radius 1 is 1.35 bits per heavy atom. The zero-order valence-corrected chi connectivity index (χ0v) is 10.0. The summed E-state index contributed by atoms with van der Waals surface area (Å²) in [5.41, 5.74) is -0.374. The Bertz CT molecular complexity index is 355. The minimum absolute atomic E-state index is 0.0388. The first kappa shape index (κ1) is 13.6. The van der Waals surface area contributed by atoms with Crippen LogP contribution in [0.15, 0.2) is 30.3 Å². The predicted molar refractivity (Wildman–Crippen MR) is 61.8 cm³/mol. The van der Waals surface area contributed by atoms with Crippen LogP contribution < -0.4 is 5.90 Å². The van der Waals surface area contributed by atoms with E-state index in [9.17, 15) is 4.79 Å². The molecule has 0 radical (unpaired) electrons. The second-order valence-corrected chi connectivity index (χ2v) is 3.84. The van der Waals surface area contributed by atoms with Gasteiger partial charge in [0, 0.05) is 7.11 Å². The number of esters is 1. The molecule has 5 nitrogen and oxygen atoms in total. The number of carbonyl (C=O) groups is 1. The standard InChI is InChI=1S/C12H17NO4/c1-12(17-13,9-15-2)11(14)16-8-10-6-4-3-5-7-10/h3-7H,8-9,13H2,1-2H3. The Hall–Kier alpha value is -1.43. The summed E-state index contributed by atoms with van der Waals surface area (Å²) in [6.07, 6.45) is 0. The number of hydrogen-bond acceptors (Lipinski definition) is 5. The van der Waals surface area contributed by atoms with Crippen molar-refractivity contribution in [1.29, 1.82) is 0 Å². The minimum Gasteiger partial charge on any atom is -0.459 e. The zero-order valence-electron chi connectivity index (χ0n) is 10.0. The van der Waals surface area contributed by atoms with Gasteiger partial charge in [0.2, 0.25) is 5.60 Å². The molecule has 1 unspecified atom stereocenters. The molecule has 94 valence electrons. The molecular weight excluding hydrogens is 222 g/mol. The number of nitrogens with two attached hydrogens (primary N) is 1. The number of benzene rings is 1. The van der Waals surface area contributed by atoms with Crippen LogP contribution in [0, 0.1) is 0 Å². The van der Waals surface area contributed by atoms with E-state index in [0.29, 0.717) is 0 Å². The van der Waals surface area contributed by atoms with Gasteiger partial charge in [-0.1, -0.05) is 30.3 Å². The van der Waals surface area contributed by atoms with Crippen molar-refractivity contribution < 1.29 is 19.1 Å². The fraction of sp³-hybridized carbons (Fsp3) is 0.417. The summed E-state index contributed by atoms with van der Waals surface area (Å²) >= 11 is 0. The summed E-state index contributed by atoms with van der Waals surface area (Å²) in [6.45, 7) is 1.74. The van der Waals surface area contributed by atoms with E-state index in [1.807, 2.05) is 30.3 Å². The van der Waals surface area contributed by atoms with Gasteiger partial charge >= 0.3 is 5.97 Å². The molecule has 0 spiro atoms. The van der Waals surface area contributed by atoms with Gasteiger partial charge in [-0.05, 0) is 12.5 Å². The topological polar surface area (TPSA) is 70.8 Å². The minimum atomic E-state index is -1.27. The number of hydrogen-bond donors (Lipinski definition) is 1. The van der Waals surface area contributed by atoms with Crippen molar-refractivity contribution in [2.24, 2.45) is 5.90 Å². The fourth-order valence-electron chi connectivity index (χ4n) is 1.29. The SMILES string of the molecule is COCC(C)(ON)C(=O)OCc1ccccc1. The first-order valence-electron chi connectivity index (χ1n) is 5.20. The molecule has 0 aromatic heterocycles. The molecule has 0 saturated carbocycles. The molecule has 17 heavy (non-hydrogen) atoms. The van der Waals surface area contributed by atoms with E-state index in [1.165, 1.54) is 14.0 Å². The number of ether oxygens (including phenoxy) is 2. The highest BCUT2D eigenvalue weighted by Gasteiger charge is 2.36. The maximum absolute atomic E-state index is 11.8.